The largest absolute Gasteiger partial charge is 0.475 e. The van der Waals surface area contributed by atoms with Crippen LogP contribution in [0, 0.1) is 0 Å². The molecule has 5 nitrogen and oxygen atoms in total. The maximum Gasteiger partial charge on any atom is 0.377 e. The highest BCUT2D eigenvalue weighted by atomic mass is 16.4. The summed E-state index contributed by atoms with van der Waals surface area (Å²) in [6.07, 6.45) is 1.45. The number of Topliss-reactive ketones (excluding diaryl/α,β-unsaturated/α-hetero) is 1. The fraction of sp³-hybridized carbons (Fsp3) is 0. The third kappa shape index (κ3) is 1.51. The maximum absolute atomic E-state index is 11.7. The van der Waals surface area contributed by atoms with Crippen molar-refractivity contribution in [2.24, 2.45) is 0 Å². The van der Waals surface area contributed by atoms with Crippen LogP contribution < -0.4 is 0 Å². The summed E-state index contributed by atoms with van der Waals surface area (Å²) in [4.78, 5) is 28.9. The fourth-order valence-corrected chi connectivity index (χ4v) is 2.82. The van der Waals surface area contributed by atoms with E-state index in [4.69, 9.17) is 5.11 Å². The molecule has 0 saturated carbocycles. The summed E-state index contributed by atoms with van der Waals surface area (Å²) in [6, 6.07) is 11.6. The van der Waals surface area contributed by atoms with Crippen LogP contribution in [0.5, 0.6) is 0 Å². The molecule has 5 heteroatoms. The Bertz CT molecular complexity index is 1040. The van der Waals surface area contributed by atoms with Crippen molar-refractivity contribution >= 4 is 44.5 Å². The first kappa shape index (κ1) is 11.7. The zero-order valence-electron chi connectivity index (χ0n) is 10.8. The molecule has 4 aromatic rings. The van der Waals surface area contributed by atoms with Gasteiger partial charge in [-0.1, -0.05) is 30.3 Å². The standard InChI is InChI=1S/C16H10N2O3/c19-15(16(20)21)11-7-17-13-10(11)6-5-9-8-3-1-2-4-12(8)18-14(9)13/h1-7,17-18H,(H,20,21). The number of ketones is 1. The second-order valence-electron chi connectivity index (χ2n) is 4.92. The lowest BCUT2D eigenvalue weighted by Gasteiger charge is -1.96. The summed E-state index contributed by atoms with van der Waals surface area (Å²) in [5.41, 5.74) is 2.80. The lowest BCUT2D eigenvalue weighted by Crippen LogP contribution is -2.11. The lowest BCUT2D eigenvalue weighted by atomic mass is 10.1. The van der Waals surface area contributed by atoms with E-state index in [9.17, 15) is 9.59 Å². The molecule has 0 radical (unpaired) electrons. The van der Waals surface area contributed by atoms with E-state index in [1.807, 2.05) is 30.3 Å². The predicted molar refractivity (Wildman–Crippen MR) is 79.6 cm³/mol. The molecule has 0 aliphatic rings. The Morgan fingerprint density at radius 1 is 0.905 bits per heavy atom. The van der Waals surface area contributed by atoms with E-state index in [1.165, 1.54) is 6.20 Å². The van der Waals surface area contributed by atoms with E-state index in [2.05, 4.69) is 9.97 Å². The van der Waals surface area contributed by atoms with Gasteiger partial charge in [0, 0.05) is 27.9 Å². The SMILES string of the molecule is O=C(O)C(=O)c1c[nH]c2c1ccc1c3ccccc3[nH]c12. The fourth-order valence-electron chi connectivity index (χ4n) is 2.82. The normalized spacial score (nSPS) is 11.4. The van der Waals surface area contributed by atoms with Crippen LogP contribution in [0.4, 0.5) is 0 Å². The number of carboxylic acids is 1. The van der Waals surface area contributed by atoms with Crippen molar-refractivity contribution in [1.29, 1.82) is 0 Å². The number of aliphatic carboxylic acids is 1. The minimum absolute atomic E-state index is 0.179. The molecule has 0 amide bonds. The minimum atomic E-state index is -1.45. The second-order valence-corrected chi connectivity index (χ2v) is 4.92. The first-order chi connectivity index (χ1) is 10.2. The highest BCUT2D eigenvalue weighted by Crippen LogP contribution is 2.31. The number of para-hydroxylation sites is 1. The average Bonchev–Trinajstić information content (AvgIpc) is 3.07. The van der Waals surface area contributed by atoms with Crippen molar-refractivity contribution in [3.8, 4) is 0 Å². The van der Waals surface area contributed by atoms with Crippen molar-refractivity contribution in [1.82, 2.24) is 9.97 Å². The second kappa shape index (κ2) is 3.96. The molecular weight excluding hydrogens is 268 g/mol. The molecule has 0 atom stereocenters. The van der Waals surface area contributed by atoms with Gasteiger partial charge in [-0.05, 0) is 6.07 Å². The number of aromatic amines is 2. The molecule has 2 aromatic heterocycles. The summed E-state index contributed by atoms with van der Waals surface area (Å²) in [5.74, 6) is -2.36. The van der Waals surface area contributed by atoms with Crippen LogP contribution in [0.1, 0.15) is 10.4 Å². The van der Waals surface area contributed by atoms with Crippen molar-refractivity contribution in [3.05, 3.63) is 48.2 Å². The van der Waals surface area contributed by atoms with E-state index in [0.717, 1.165) is 27.3 Å². The third-order valence-corrected chi connectivity index (χ3v) is 3.77. The smallest absolute Gasteiger partial charge is 0.377 e. The van der Waals surface area contributed by atoms with Crippen LogP contribution in [0.2, 0.25) is 0 Å². The Morgan fingerprint density at radius 3 is 2.48 bits per heavy atom. The number of carboxylic acid groups (broad SMARTS) is 1. The van der Waals surface area contributed by atoms with Gasteiger partial charge in [-0.25, -0.2) is 4.79 Å². The predicted octanol–water partition coefficient (Wildman–Crippen LogP) is 3.07. The van der Waals surface area contributed by atoms with E-state index in [1.54, 1.807) is 6.07 Å². The zero-order chi connectivity index (χ0) is 14.6. The molecule has 102 valence electrons. The molecule has 0 fully saturated rings. The Hall–Kier alpha value is -3.08. The van der Waals surface area contributed by atoms with Crippen LogP contribution in [0.3, 0.4) is 0 Å². The van der Waals surface area contributed by atoms with E-state index >= 15 is 0 Å². The van der Waals surface area contributed by atoms with Gasteiger partial charge in [-0.3, -0.25) is 4.79 Å². The topological polar surface area (TPSA) is 85.9 Å². The van der Waals surface area contributed by atoms with Crippen LogP contribution >= 0.6 is 0 Å². The molecule has 0 aliphatic carbocycles. The molecule has 21 heavy (non-hydrogen) atoms. The number of carbonyl (C=O) groups excluding carboxylic acids is 1. The van der Waals surface area contributed by atoms with Crippen molar-refractivity contribution in [2.45, 2.75) is 0 Å². The lowest BCUT2D eigenvalue weighted by molar-refractivity contribution is -0.131. The van der Waals surface area contributed by atoms with Crippen LogP contribution in [-0.4, -0.2) is 26.8 Å². The van der Waals surface area contributed by atoms with Gasteiger partial charge < -0.3 is 15.1 Å². The molecule has 0 spiro atoms. The molecule has 0 aliphatic heterocycles. The number of benzene rings is 2. The highest BCUT2D eigenvalue weighted by molar-refractivity contribution is 6.42. The van der Waals surface area contributed by atoms with Gasteiger partial charge in [-0.2, -0.15) is 0 Å². The number of fused-ring (bicyclic) bond motifs is 5. The van der Waals surface area contributed by atoms with Gasteiger partial charge in [0.2, 0.25) is 0 Å². The number of H-pyrrole nitrogens is 2. The number of carbonyl (C=O) groups is 2. The van der Waals surface area contributed by atoms with Gasteiger partial charge in [0.15, 0.2) is 0 Å². The van der Waals surface area contributed by atoms with Crippen molar-refractivity contribution < 1.29 is 14.7 Å². The van der Waals surface area contributed by atoms with Gasteiger partial charge in [-0.15, -0.1) is 0 Å². The monoisotopic (exact) mass is 278 g/mol. The van der Waals surface area contributed by atoms with Gasteiger partial charge in [0.1, 0.15) is 0 Å². The molecular formula is C16H10N2O3. The summed E-state index contributed by atoms with van der Waals surface area (Å²) in [7, 11) is 0. The molecule has 0 bridgehead atoms. The Labute approximate surface area is 118 Å². The Morgan fingerprint density at radius 2 is 1.67 bits per heavy atom. The molecule has 3 N–H and O–H groups in total. The first-order valence-corrected chi connectivity index (χ1v) is 6.45. The highest BCUT2D eigenvalue weighted by Gasteiger charge is 2.20. The van der Waals surface area contributed by atoms with Crippen molar-refractivity contribution in [2.75, 3.05) is 0 Å². The zero-order valence-corrected chi connectivity index (χ0v) is 10.8. The summed E-state index contributed by atoms with van der Waals surface area (Å²) >= 11 is 0. The molecule has 2 aromatic carbocycles. The van der Waals surface area contributed by atoms with Crippen LogP contribution in [-0.2, 0) is 4.79 Å². The molecule has 2 heterocycles. The van der Waals surface area contributed by atoms with Crippen molar-refractivity contribution in [3.63, 3.8) is 0 Å². The summed E-state index contributed by atoms with van der Waals surface area (Å²) in [6.45, 7) is 0. The van der Waals surface area contributed by atoms with E-state index < -0.39 is 11.8 Å². The molecule has 0 saturated heterocycles. The number of nitrogens with one attached hydrogen (secondary N) is 2. The summed E-state index contributed by atoms with van der Waals surface area (Å²) in [5, 5.41) is 11.6. The number of hydrogen-bond acceptors (Lipinski definition) is 2. The molecule has 4 rings (SSSR count). The average molecular weight is 278 g/mol. The Balaban J connectivity index is 2.11. The van der Waals surface area contributed by atoms with Crippen LogP contribution in [0.15, 0.2) is 42.6 Å². The van der Waals surface area contributed by atoms with Gasteiger partial charge in [0.25, 0.3) is 5.78 Å². The van der Waals surface area contributed by atoms with Gasteiger partial charge in [0.05, 0.1) is 16.6 Å². The minimum Gasteiger partial charge on any atom is -0.475 e. The number of rotatable bonds is 2. The maximum atomic E-state index is 11.7. The number of aromatic nitrogens is 2. The molecule has 0 unspecified atom stereocenters. The summed E-state index contributed by atoms with van der Waals surface area (Å²) < 4.78 is 0. The van der Waals surface area contributed by atoms with Crippen LogP contribution in [0.25, 0.3) is 32.7 Å². The Kier molecular flexibility index (Phi) is 2.21. The van der Waals surface area contributed by atoms with E-state index in [-0.39, 0.29) is 5.56 Å². The quantitative estimate of drug-likeness (QED) is 0.389. The first-order valence-electron chi connectivity index (χ1n) is 6.45. The third-order valence-electron chi connectivity index (χ3n) is 3.77. The number of hydrogen-bond donors (Lipinski definition) is 3. The van der Waals surface area contributed by atoms with Gasteiger partial charge >= 0.3 is 5.97 Å². The van der Waals surface area contributed by atoms with E-state index in [0.29, 0.717) is 5.39 Å².